The van der Waals surface area contributed by atoms with Crippen LogP contribution in [0.4, 0.5) is 0 Å². The number of hydrogen-bond donors (Lipinski definition) is 0. The maximum atomic E-state index is 4.94. The fraction of sp³-hybridized carbons (Fsp3) is 0.750. The highest BCUT2D eigenvalue weighted by molar-refractivity contribution is 4.91. The molecule has 1 aromatic rings. The molecule has 68 valence electrons. The van der Waals surface area contributed by atoms with E-state index in [-0.39, 0.29) is 0 Å². The maximum absolute atomic E-state index is 4.94. The summed E-state index contributed by atoms with van der Waals surface area (Å²) in [6, 6.07) is 0. The van der Waals surface area contributed by atoms with E-state index in [4.69, 9.17) is 4.74 Å². The summed E-state index contributed by atoms with van der Waals surface area (Å²) in [6.07, 6.45) is 3.95. The topological polar surface area (TPSA) is 39.9 Å². The Morgan fingerprint density at radius 2 is 2.42 bits per heavy atom. The lowest BCUT2D eigenvalue weighted by Gasteiger charge is -1.94. The highest BCUT2D eigenvalue weighted by Crippen LogP contribution is 1.97. The van der Waals surface area contributed by atoms with Gasteiger partial charge in [0, 0.05) is 26.5 Å². The zero-order chi connectivity index (χ0) is 8.81. The van der Waals surface area contributed by atoms with Gasteiger partial charge in [0.2, 0.25) is 0 Å². The van der Waals surface area contributed by atoms with E-state index in [2.05, 4.69) is 10.3 Å². The molecule has 0 unspecified atom stereocenters. The van der Waals surface area contributed by atoms with Crippen LogP contribution in [-0.2, 0) is 17.7 Å². The second kappa shape index (κ2) is 4.87. The molecule has 1 rings (SSSR count). The van der Waals surface area contributed by atoms with E-state index >= 15 is 0 Å². The van der Waals surface area contributed by atoms with Gasteiger partial charge in [-0.1, -0.05) is 5.21 Å². The predicted octanol–water partition coefficient (Wildman–Crippen LogP) is 0.877. The first-order valence-corrected chi connectivity index (χ1v) is 4.24. The zero-order valence-electron chi connectivity index (χ0n) is 7.66. The van der Waals surface area contributed by atoms with Crippen molar-refractivity contribution in [2.45, 2.75) is 26.3 Å². The molecule has 0 saturated carbocycles. The van der Waals surface area contributed by atoms with Crippen molar-refractivity contribution < 1.29 is 4.74 Å². The average Bonchev–Trinajstić information content (AvgIpc) is 2.53. The highest BCUT2D eigenvalue weighted by Gasteiger charge is 1.97. The predicted molar refractivity (Wildman–Crippen MR) is 45.9 cm³/mol. The van der Waals surface area contributed by atoms with E-state index in [1.54, 1.807) is 7.11 Å². The summed E-state index contributed by atoms with van der Waals surface area (Å²) in [5, 5.41) is 7.96. The van der Waals surface area contributed by atoms with E-state index in [0.29, 0.717) is 0 Å². The van der Waals surface area contributed by atoms with Gasteiger partial charge in [0.05, 0.1) is 5.69 Å². The van der Waals surface area contributed by atoms with Crippen molar-refractivity contribution in [2.24, 2.45) is 0 Å². The van der Waals surface area contributed by atoms with Crippen LogP contribution in [0.1, 0.15) is 19.0 Å². The SMILES string of the molecule is CCn1cc(CCCOC)nn1. The summed E-state index contributed by atoms with van der Waals surface area (Å²) < 4.78 is 6.78. The van der Waals surface area contributed by atoms with Crippen LogP contribution in [0.25, 0.3) is 0 Å². The van der Waals surface area contributed by atoms with Gasteiger partial charge in [-0.15, -0.1) is 5.10 Å². The lowest BCUT2D eigenvalue weighted by atomic mass is 10.3. The Hall–Kier alpha value is -0.900. The third-order valence-corrected chi connectivity index (χ3v) is 1.69. The number of ether oxygens (including phenoxy) is 1. The molecule has 0 atom stereocenters. The summed E-state index contributed by atoms with van der Waals surface area (Å²) in [5.41, 5.74) is 1.05. The van der Waals surface area contributed by atoms with Gasteiger partial charge in [-0.3, -0.25) is 4.68 Å². The standard InChI is InChI=1S/C8H15N3O/c1-3-11-7-8(9-10-11)5-4-6-12-2/h7H,3-6H2,1-2H3. The van der Waals surface area contributed by atoms with Crippen molar-refractivity contribution >= 4 is 0 Å². The molecule has 0 aromatic carbocycles. The number of hydrogen-bond acceptors (Lipinski definition) is 3. The monoisotopic (exact) mass is 169 g/mol. The minimum Gasteiger partial charge on any atom is -0.385 e. The molecule has 12 heavy (non-hydrogen) atoms. The molecule has 0 spiro atoms. The second-order valence-electron chi connectivity index (χ2n) is 2.66. The van der Waals surface area contributed by atoms with Crippen LogP contribution in [0, 0.1) is 0 Å². The Bertz CT molecular complexity index is 222. The van der Waals surface area contributed by atoms with E-state index in [0.717, 1.165) is 31.7 Å². The van der Waals surface area contributed by atoms with Crippen molar-refractivity contribution in [3.63, 3.8) is 0 Å². The number of methoxy groups -OCH3 is 1. The van der Waals surface area contributed by atoms with Gasteiger partial charge in [-0.25, -0.2) is 0 Å². The molecule has 0 bridgehead atoms. The van der Waals surface area contributed by atoms with Crippen LogP contribution in [0.15, 0.2) is 6.20 Å². The van der Waals surface area contributed by atoms with Crippen LogP contribution in [0.5, 0.6) is 0 Å². The molecule has 0 N–H and O–H groups in total. The van der Waals surface area contributed by atoms with Crippen LogP contribution in [0.2, 0.25) is 0 Å². The van der Waals surface area contributed by atoms with E-state index in [9.17, 15) is 0 Å². The zero-order valence-corrected chi connectivity index (χ0v) is 7.66. The molecule has 0 aliphatic rings. The Morgan fingerprint density at radius 1 is 1.58 bits per heavy atom. The van der Waals surface area contributed by atoms with Crippen molar-refractivity contribution in [1.29, 1.82) is 0 Å². The molecular weight excluding hydrogens is 154 g/mol. The summed E-state index contributed by atoms with van der Waals surface area (Å²) in [6.45, 7) is 3.73. The summed E-state index contributed by atoms with van der Waals surface area (Å²) in [5.74, 6) is 0. The van der Waals surface area contributed by atoms with Gasteiger partial charge in [-0.2, -0.15) is 0 Å². The van der Waals surface area contributed by atoms with Gasteiger partial charge in [0.1, 0.15) is 0 Å². The number of rotatable bonds is 5. The lowest BCUT2D eigenvalue weighted by Crippen LogP contribution is -1.93. The van der Waals surface area contributed by atoms with Crippen molar-refractivity contribution in [1.82, 2.24) is 15.0 Å². The van der Waals surface area contributed by atoms with Crippen LogP contribution in [0.3, 0.4) is 0 Å². The Labute approximate surface area is 72.5 Å². The minimum absolute atomic E-state index is 0.791. The molecule has 1 heterocycles. The van der Waals surface area contributed by atoms with Crippen molar-refractivity contribution in [3.05, 3.63) is 11.9 Å². The van der Waals surface area contributed by atoms with E-state index in [1.165, 1.54) is 0 Å². The normalized spacial score (nSPS) is 10.5. The fourth-order valence-electron chi connectivity index (χ4n) is 1.01. The highest BCUT2D eigenvalue weighted by atomic mass is 16.5. The lowest BCUT2D eigenvalue weighted by molar-refractivity contribution is 0.195. The molecule has 0 saturated heterocycles. The fourth-order valence-corrected chi connectivity index (χ4v) is 1.01. The molecule has 0 aliphatic heterocycles. The first-order valence-electron chi connectivity index (χ1n) is 4.24. The smallest absolute Gasteiger partial charge is 0.0828 e. The molecule has 4 heteroatoms. The third kappa shape index (κ3) is 2.62. The number of aryl methyl sites for hydroxylation is 2. The Balaban J connectivity index is 2.31. The van der Waals surface area contributed by atoms with Gasteiger partial charge < -0.3 is 4.74 Å². The molecule has 4 nitrogen and oxygen atoms in total. The summed E-state index contributed by atoms with van der Waals surface area (Å²) in [7, 11) is 1.71. The minimum atomic E-state index is 0.791. The quantitative estimate of drug-likeness (QED) is 0.614. The Morgan fingerprint density at radius 3 is 3.00 bits per heavy atom. The second-order valence-corrected chi connectivity index (χ2v) is 2.66. The third-order valence-electron chi connectivity index (χ3n) is 1.69. The maximum Gasteiger partial charge on any atom is 0.0828 e. The molecule has 0 aliphatic carbocycles. The van der Waals surface area contributed by atoms with Gasteiger partial charge >= 0.3 is 0 Å². The summed E-state index contributed by atoms with van der Waals surface area (Å²) in [4.78, 5) is 0. The first kappa shape index (κ1) is 9.19. The molecular formula is C8H15N3O. The Kier molecular flexibility index (Phi) is 3.73. The van der Waals surface area contributed by atoms with E-state index < -0.39 is 0 Å². The van der Waals surface area contributed by atoms with E-state index in [1.807, 2.05) is 17.8 Å². The van der Waals surface area contributed by atoms with Crippen molar-refractivity contribution in [2.75, 3.05) is 13.7 Å². The van der Waals surface area contributed by atoms with Gasteiger partial charge in [-0.05, 0) is 19.8 Å². The molecule has 0 radical (unpaired) electrons. The van der Waals surface area contributed by atoms with Crippen LogP contribution >= 0.6 is 0 Å². The van der Waals surface area contributed by atoms with Crippen LogP contribution in [-0.4, -0.2) is 28.7 Å². The average molecular weight is 169 g/mol. The molecule has 1 aromatic heterocycles. The first-order chi connectivity index (χ1) is 5.86. The summed E-state index contributed by atoms with van der Waals surface area (Å²) >= 11 is 0. The largest absolute Gasteiger partial charge is 0.385 e. The van der Waals surface area contributed by atoms with Crippen molar-refractivity contribution in [3.8, 4) is 0 Å². The number of aromatic nitrogens is 3. The van der Waals surface area contributed by atoms with Gasteiger partial charge in [0.25, 0.3) is 0 Å². The van der Waals surface area contributed by atoms with Crippen LogP contribution < -0.4 is 0 Å². The van der Waals surface area contributed by atoms with Gasteiger partial charge in [0.15, 0.2) is 0 Å². The molecule has 0 amide bonds. The number of nitrogens with zero attached hydrogens (tertiary/aromatic N) is 3. The molecule has 0 fully saturated rings.